The zero-order valence-electron chi connectivity index (χ0n) is 36.8. The minimum absolute atomic E-state index is 1.12. The molecule has 0 radical (unpaired) electrons. The second-order valence-electron chi connectivity index (χ2n) is 17.8. The van der Waals surface area contributed by atoms with Gasteiger partial charge in [0, 0.05) is 33.8 Å². The van der Waals surface area contributed by atoms with Gasteiger partial charge in [-0.1, -0.05) is 172 Å². The van der Waals surface area contributed by atoms with E-state index >= 15 is 0 Å². The molecule has 0 amide bonds. The Hall–Kier alpha value is -7.16. The molecule has 1 aliphatic carbocycles. The molecule has 0 bridgehead atoms. The molecule has 0 saturated carbocycles. The first-order chi connectivity index (χ1) is 31.7. The smallest absolute Gasteiger partial charge is 0.0546 e. The maximum atomic E-state index is 2.47. The van der Waals surface area contributed by atoms with Crippen molar-refractivity contribution in [1.82, 2.24) is 0 Å². The molecular formula is C62H54N2. The van der Waals surface area contributed by atoms with Gasteiger partial charge in [0.05, 0.1) is 5.69 Å². The predicted octanol–water partition coefficient (Wildman–Crippen LogP) is 17.9. The van der Waals surface area contributed by atoms with Gasteiger partial charge in [-0.3, -0.25) is 0 Å². The fraction of sp³-hybridized carbons (Fsp3) is 0.161. The molecule has 0 unspecified atom stereocenters. The summed E-state index contributed by atoms with van der Waals surface area (Å²) in [5.41, 5.74) is 16.2. The van der Waals surface area contributed by atoms with E-state index in [0.29, 0.717) is 0 Å². The van der Waals surface area contributed by atoms with Crippen molar-refractivity contribution in [2.75, 3.05) is 9.80 Å². The maximum Gasteiger partial charge on any atom is 0.0546 e. The van der Waals surface area contributed by atoms with E-state index in [-0.39, 0.29) is 0 Å². The van der Waals surface area contributed by atoms with E-state index in [1.165, 1.54) is 134 Å². The minimum Gasteiger partial charge on any atom is -0.311 e. The van der Waals surface area contributed by atoms with Crippen LogP contribution in [0.4, 0.5) is 34.1 Å². The normalized spacial score (nSPS) is 12.1. The molecule has 64 heavy (non-hydrogen) atoms. The van der Waals surface area contributed by atoms with E-state index in [9.17, 15) is 0 Å². The second kappa shape index (κ2) is 17.5. The van der Waals surface area contributed by atoms with Gasteiger partial charge in [-0.15, -0.1) is 0 Å². The van der Waals surface area contributed by atoms with Gasteiger partial charge in [0.15, 0.2) is 0 Å². The highest BCUT2D eigenvalue weighted by Crippen LogP contribution is 2.46. The largest absolute Gasteiger partial charge is 0.311 e. The first-order valence-corrected chi connectivity index (χ1v) is 23.5. The van der Waals surface area contributed by atoms with Gasteiger partial charge in [-0.05, 0) is 158 Å². The number of para-hydroxylation sites is 1. The number of hydrogen-bond donors (Lipinski definition) is 0. The molecule has 10 aromatic rings. The van der Waals surface area contributed by atoms with Crippen LogP contribution in [0, 0.1) is 0 Å². The zero-order valence-corrected chi connectivity index (χ0v) is 36.8. The number of hydrogen-bond acceptors (Lipinski definition) is 2. The Morgan fingerprint density at radius 3 is 1.62 bits per heavy atom. The van der Waals surface area contributed by atoms with Crippen LogP contribution in [-0.4, -0.2) is 0 Å². The van der Waals surface area contributed by atoms with E-state index in [1.54, 1.807) is 0 Å². The van der Waals surface area contributed by atoms with Gasteiger partial charge in [0.25, 0.3) is 0 Å². The van der Waals surface area contributed by atoms with Crippen molar-refractivity contribution in [1.29, 1.82) is 0 Å². The lowest BCUT2D eigenvalue weighted by molar-refractivity contribution is 0.607. The topological polar surface area (TPSA) is 6.48 Å². The molecule has 0 N–H and O–H groups in total. The highest BCUT2D eigenvalue weighted by Gasteiger charge is 2.21. The summed E-state index contributed by atoms with van der Waals surface area (Å²) in [7, 11) is 0. The Morgan fingerprint density at radius 1 is 0.359 bits per heavy atom. The predicted molar refractivity (Wildman–Crippen MR) is 275 cm³/mol. The summed E-state index contributed by atoms with van der Waals surface area (Å²) >= 11 is 0. The molecule has 11 rings (SSSR count). The Bertz CT molecular complexity index is 3180. The van der Waals surface area contributed by atoms with Crippen LogP contribution in [0.5, 0.6) is 0 Å². The van der Waals surface area contributed by atoms with Gasteiger partial charge in [-0.2, -0.15) is 0 Å². The number of aryl methyl sites for hydroxylation is 3. The van der Waals surface area contributed by atoms with Gasteiger partial charge >= 0.3 is 0 Å². The van der Waals surface area contributed by atoms with Gasteiger partial charge < -0.3 is 9.80 Å². The number of unbranched alkanes of at least 4 members (excludes halogenated alkanes) is 5. The molecule has 0 saturated heterocycles. The van der Waals surface area contributed by atoms with Crippen LogP contribution in [0.25, 0.3) is 54.6 Å². The monoisotopic (exact) mass is 826 g/mol. The van der Waals surface area contributed by atoms with Crippen LogP contribution in [0.2, 0.25) is 0 Å². The third-order valence-corrected chi connectivity index (χ3v) is 13.6. The molecular weight excluding hydrogens is 773 g/mol. The number of rotatable bonds is 15. The Morgan fingerprint density at radius 2 is 0.922 bits per heavy atom. The Kier molecular flexibility index (Phi) is 10.9. The summed E-state index contributed by atoms with van der Waals surface area (Å²) < 4.78 is 0. The van der Waals surface area contributed by atoms with Crippen molar-refractivity contribution in [2.24, 2.45) is 0 Å². The maximum absolute atomic E-state index is 2.47. The van der Waals surface area contributed by atoms with Crippen LogP contribution in [-0.2, 0) is 19.3 Å². The van der Waals surface area contributed by atoms with Crippen LogP contribution in [0.15, 0.2) is 200 Å². The van der Waals surface area contributed by atoms with Crippen LogP contribution in [0.3, 0.4) is 0 Å². The lowest BCUT2D eigenvalue weighted by atomic mass is 9.86. The summed E-state index contributed by atoms with van der Waals surface area (Å²) in [5.74, 6) is 0. The van der Waals surface area contributed by atoms with E-state index in [1.807, 2.05) is 0 Å². The van der Waals surface area contributed by atoms with E-state index in [0.717, 1.165) is 29.2 Å². The average Bonchev–Trinajstić information content (AvgIpc) is 3.34. The van der Waals surface area contributed by atoms with E-state index in [2.05, 4.69) is 217 Å². The molecule has 1 aliphatic rings. The van der Waals surface area contributed by atoms with Gasteiger partial charge in [0.1, 0.15) is 0 Å². The molecule has 0 aromatic heterocycles. The highest BCUT2D eigenvalue weighted by molar-refractivity contribution is 6.26. The number of anilines is 6. The fourth-order valence-corrected chi connectivity index (χ4v) is 10.1. The van der Waals surface area contributed by atoms with E-state index in [4.69, 9.17) is 0 Å². The Balaban J connectivity index is 0.933. The molecule has 0 fully saturated rings. The SMILES string of the molecule is CCCCCCCCc1ccc(N(c2ccccc2)c2ccc(-c3ccc(N(c4cccc(-c5ccc6c(c5)CC6)c4)c4cc5cccc6ccc7cccc4c7c65)cc3)cc2)cc1. The average molecular weight is 827 g/mol. The summed E-state index contributed by atoms with van der Waals surface area (Å²) in [6.07, 6.45) is 11.4. The van der Waals surface area contributed by atoms with Crippen molar-refractivity contribution in [3.05, 3.63) is 217 Å². The third-order valence-electron chi connectivity index (χ3n) is 13.6. The molecule has 2 nitrogen and oxygen atoms in total. The highest BCUT2D eigenvalue weighted by atomic mass is 15.1. The number of nitrogens with zero attached hydrogens (tertiary/aromatic N) is 2. The van der Waals surface area contributed by atoms with Crippen molar-refractivity contribution < 1.29 is 0 Å². The minimum atomic E-state index is 1.12. The summed E-state index contributed by atoms with van der Waals surface area (Å²) in [5, 5.41) is 7.71. The summed E-state index contributed by atoms with van der Waals surface area (Å²) in [6, 6.07) is 74.7. The zero-order chi connectivity index (χ0) is 42.8. The van der Waals surface area contributed by atoms with Crippen molar-refractivity contribution in [2.45, 2.75) is 64.7 Å². The molecule has 0 heterocycles. The quantitative estimate of drug-likeness (QED) is 0.0750. The van der Waals surface area contributed by atoms with E-state index < -0.39 is 0 Å². The molecule has 0 spiro atoms. The van der Waals surface area contributed by atoms with Crippen LogP contribution >= 0.6 is 0 Å². The Labute approximate surface area is 378 Å². The first kappa shape index (κ1) is 39.7. The van der Waals surface area contributed by atoms with Crippen molar-refractivity contribution >= 4 is 66.4 Å². The van der Waals surface area contributed by atoms with Crippen molar-refractivity contribution in [3.63, 3.8) is 0 Å². The lowest BCUT2D eigenvalue weighted by Gasteiger charge is -2.29. The molecule has 0 atom stereocenters. The lowest BCUT2D eigenvalue weighted by Crippen LogP contribution is -2.11. The van der Waals surface area contributed by atoms with Crippen LogP contribution in [0.1, 0.15) is 62.1 Å². The summed E-state index contributed by atoms with van der Waals surface area (Å²) in [4.78, 5) is 4.84. The molecule has 2 heteroatoms. The van der Waals surface area contributed by atoms with Gasteiger partial charge in [-0.25, -0.2) is 0 Å². The molecule has 10 aromatic carbocycles. The summed E-state index contributed by atoms with van der Waals surface area (Å²) in [6.45, 7) is 2.28. The van der Waals surface area contributed by atoms with Crippen LogP contribution < -0.4 is 9.80 Å². The van der Waals surface area contributed by atoms with Gasteiger partial charge in [0.2, 0.25) is 0 Å². The molecule has 312 valence electrons. The number of benzene rings is 10. The fourth-order valence-electron chi connectivity index (χ4n) is 10.1. The second-order valence-corrected chi connectivity index (χ2v) is 17.8. The third kappa shape index (κ3) is 7.68. The first-order valence-electron chi connectivity index (χ1n) is 23.5. The number of fused-ring (bicyclic) bond motifs is 1. The molecule has 0 aliphatic heterocycles. The van der Waals surface area contributed by atoms with Crippen molar-refractivity contribution in [3.8, 4) is 22.3 Å². The standard InChI is InChI=1S/C62H54N2/c1-2-3-4-5-6-8-14-44-23-35-55(36-24-44)63(54-19-9-7-10-20-54)56-37-31-45(32-38-56)46-33-39-57(40-34-46)64(58-21-12-17-50(42-58)52-30-26-47-25-29-51(47)41-52)60-43-53-18-11-15-48-27-28-49-16-13-22-59(60)62(49)61(48)53/h7,9-13,15-24,26-28,30-43H,2-6,8,14,25,29H2,1H3.